The molecule has 0 spiro atoms. The molecule has 2 unspecified atom stereocenters. The molecule has 2 atom stereocenters. The Bertz CT molecular complexity index is 325. The Morgan fingerprint density at radius 1 is 1.44 bits per heavy atom. The van der Waals surface area contributed by atoms with Gasteiger partial charge in [-0.15, -0.1) is 0 Å². The predicted octanol–water partition coefficient (Wildman–Crippen LogP) is 0.785. The van der Waals surface area contributed by atoms with E-state index in [0.29, 0.717) is 11.9 Å². The van der Waals surface area contributed by atoms with Gasteiger partial charge in [-0.2, -0.15) is 0 Å². The normalized spacial score (nSPS) is 32.1. The van der Waals surface area contributed by atoms with Crippen molar-refractivity contribution in [3.8, 4) is 0 Å². The van der Waals surface area contributed by atoms with Gasteiger partial charge in [0.25, 0.3) is 0 Å². The highest BCUT2D eigenvalue weighted by Crippen LogP contribution is 2.49. The number of hydrogen-bond donors (Lipinski definition) is 2. The van der Waals surface area contributed by atoms with Gasteiger partial charge in [-0.25, -0.2) is 0 Å². The van der Waals surface area contributed by atoms with Crippen molar-refractivity contribution in [3.05, 3.63) is 0 Å². The fourth-order valence-corrected chi connectivity index (χ4v) is 3.31. The molecule has 2 fully saturated rings. The molecule has 2 rings (SSSR count). The first kappa shape index (κ1) is 13.6. The first-order chi connectivity index (χ1) is 8.46. The lowest BCUT2D eigenvalue weighted by Crippen LogP contribution is -2.36. The van der Waals surface area contributed by atoms with E-state index in [1.165, 1.54) is 19.4 Å². The van der Waals surface area contributed by atoms with Gasteiger partial charge >= 0.3 is 0 Å². The van der Waals surface area contributed by atoms with Gasteiger partial charge in [0.05, 0.1) is 0 Å². The molecule has 5 nitrogen and oxygen atoms in total. The lowest BCUT2D eigenvalue weighted by molar-refractivity contribution is 0.231. The van der Waals surface area contributed by atoms with Crippen LogP contribution in [0.2, 0.25) is 0 Å². The average Bonchev–Trinajstić information content (AvgIpc) is 2.93. The highest BCUT2D eigenvalue weighted by molar-refractivity contribution is 5.80. The second-order valence-corrected chi connectivity index (χ2v) is 6.47. The average molecular weight is 254 g/mol. The fraction of sp³-hybridized carbons (Fsp3) is 0.923. The van der Waals surface area contributed by atoms with Crippen LogP contribution in [0.15, 0.2) is 5.16 Å². The van der Waals surface area contributed by atoms with E-state index in [1.807, 2.05) is 0 Å². The van der Waals surface area contributed by atoms with Gasteiger partial charge in [-0.1, -0.05) is 12.1 Å². The molecule has 0 amide bonds. The minimum absolute atomic E-state index is 0.289. The van der Waals surface area contributed by atoms with Gasteiger partial charge in [0.15, 0.2) is 0 Å². The van der Waals surface area contributed by atoms with Crippen molar-refractivity contribution in [1.82, 2.24) is 9.80 Å². The number of rotatable bonds is 5. The van der Waals surface area contributed by atoms with Crippen molar-refractivity contribution >= 4 is 5.84 Å². The van der Waals surface area contributed by atoms with Gasteiger partial charge in [0, 0.05) is 32.1 Å². The Morgan fingerprint density at radius 3 is 2.56 bits per heavy atom. The summed E-state index contributed by atoms with van der Waals surface area (Å²) in [6, 6.07) is 0.657. The van der Waals surface area contributed by atoms with E-state index in [2.05, 4.69) is 36.0 Å². The predicted molar refractivity (Wildman–Crippen MR) is 72.8 cm³/mol. The molecule has 1 aliphatic heterocycles. The van der Waals surface area contributed by atoms with Crippen molar-refractivity contribution in [2.45, 2.75) is 32.2 Å². The number of nitrogens with zero attached hydrogens (tertiary/aromatic N) is 3. The molecule has 3 N–H and O–H groups in total. The quantitative estimate of drug-likeness (QED) is 0.329. The monoisotopic (exact) mass is 254 g/mol. The number of hydrogen-bond acceptors (Lipinski definition) is 4. The molecule has 1 aliphatic carbocycles. The second kappa shape index (κ2) is 5.05. The first-order valence-corrected chi connectivity index (χ1v) is 6.81. The van der Waals surface area contributed by atoms with Crippen molar-refractivity contribution in [2.75, 3.05) is 33.7 Å². The Kier molecular flexibility index (Phi) is 3.82. The Hall–Kier alpha value is -0.810. The molecule has 0 aromatic heterocycles. The third-order valence-electron chi connectivity index (χ3n) is 4.51. The smallest absolute Gasteiger partial charge is 0.139 e. The molecule has 0 aromatic carbocycles. The summed E-state index contributed by atoms with van der Waals surface area (Å²) in [5.74, 6) is 1.10. The largest absolute Gasteiger partial charge is 0.409 e. The van der Waals surface area contributed by atoms with Crippen molar-refractivity contribution in [3.63, 3.8) is 0 Å². The van der Waals surface area contributed by atoms with Crippen molar-refractivity contribution in [2.24, 2.45) is 22.2 Å². The Morgan fingerprint density at radius 2 is 2.11 bits per heavy atom. The van der Waals surface area contributed by atoms with Crippen molar-refractivity contribution < 1.29 is 5.21 Å². The standard InChI is InChI=1S/C13H26N4O/c1-10-7-17(8-11(10)16(2)3)9-13(4-5-13)6-12(14)15-18/h10-11,18H,4-9H2,1-3H3,(H2,14,15). The molecule has 5 heteroatoms. The maximum absolute atomic E-state index is 8.69. The minimum Gasteiger partial charge on any atom is -0.409 e. The van der Waals surface area contributed by atoms with Gasteiger partial charge in [0.2, 0.25) is 0 Å². The number of likely N-dealkylation sites (N-methyl/N-ethyl adjacent to an activating group) is 1. The van der Waals surface area contributed by atoms with Gasteiger partial charge in [-0.3, -0.25) is 0 Å². The molecule has 104 valence electrons. The van der Waals surface area contributed by atoms with Crippen molar-refractivity contribution in [1.29, 1.82) is 0 Å². The molecule has 1 saturated carbocycles. The zero-order chi connectivity index (χ0) is 13.3. The lowest BCUT2D eigenvalue weighted by Gasteiger charge is -2.24. The van der Waals surface area contributed by atoms with Crippen LogP contribution in [0.5, 0.6) is 0 Å². The molecule has 18 heavy (non-hydrogen) atoms. The van der Waals surface area contributed by atoms with Gasteiger partial charge < -0.3 is 20.7 Å². The van der Waals surface area contributed by atoms with Crippen LogP contribution in [0, 0.1) is 11.3 Å². The van der Waals surface area contributed by atoms with Crippen LogP contribution >= 0.6 is 0 Å². The van der Waals surface area contributed by atoms with Crippen LogP contribution in [0.25, 0.3) is 0 Å². The number of amidine groups is 1. The third-order valence-corrected chi connectivity index (χ3v) is 4.51. The zero-order valence-corrected chi connectivity index (χ0v) is 11.8. The summed E-state index contributed by atoms with van der Waals surface area (Å²) in [4.78, 5) is 4.88. The minimum atomic E-state index is 0.289. The highest BCUT2D eigenvalue weighted by atomic mass is 16.4. The molecular weight excluding hydrogens is 228 g/mol. The second-order valence-electron chi connectivity index (χ2n) is 6.47. The van der Waals surface area contributed by atoms with Gasteiger partial charge in [0.1, 0.15) is 5.84 Å². The van der Waals surface area contributed by atoms with Crippen LogP contribution in [0.4, 0.5) is 0 Å². The summed E-state index contributed by atoms with van der Waals surface area (Å²) < 4.78 is 0. The van der Waals surface area contributed by atoms with E-state index in [9.17, 15) is 0 Å². The topological polar surface area (TPSA) is 65.1 Å². The summed E-state index contributed by atoms with van der Waals surface area (Å²) in [5.41, 5.74) is 5.94. The van der Waals surface area contributed by atoms with Crippen LogP contribution in [-0.4, -0.2) is 60.6 Å². The van der Waals surface area contributed by atoms with E-state index >= 15 is 0 Å². The Balaban J connectivity index is 1.88. The van der Waals surface area contributed by atoms with Crippen LogP contribution < -0.4 is 5.73 Å². The third kappa shape index (κ3) is 2.95. The summed E-state index contributed by atoms with van der Waals surface area (Å²) in [5, 5.41) is 11.8. The molecule has 0 aromatic rings. The fourth-order valence-electron chi connectivity index (χ4n) is 3.31. The van der Waals surface area contributed by atoms with Gasteiger partial charge in [-0.05, 0) is 38.3 Å². The summed E-state index contributed by atoms with van der Waals surface area (Å²) in [7, 11) is 4.32. The maximum Gasteiger partial charge on any atom is 0.139 e. The Labute approximate surface area is 110 Å². The van der Waals surface area contributed by atoms with Crippen LogP contribution in [0.1, 0.15) is 26.2 Å². The molecule has 0 radical (unpaired) electrons. The molecule has 1 saturated heterocycles. The number of nitrogens with two attached hydrogens (primary N) is 1. The zero-order valence-electron chi connectivity index (χ0n) is 11.8. The van der Waals surface area contributed by atoms with E-state index in [0.717, 1.165) is 25.4 Å². The van der Waals surface area contributed by atoms with Crippen LogP contribution in [-0.2, 0) is 0 Å². The molecule has 0 bridgehead atoms. The first-order valence-electron chi connectivity index (χ1n) is 6.81. The number of oxime groups is 1. The lowest BCUT2D eigenvalue weighted by atomic mass is 10.0. The van der Waals surface area contributed by atoms with Crippen LogP contribution in [0.3, 0.4) is 0 Å². The summed E-state index contributed by atoms with van der Waals surface area (Å²) in [6.07, 6.45) is 3.16. The van der Waals surface area contributed by atoms with E-state index < -0.39 is 0 Å². The number of likely N-dealkylation sites (tertiary alicyclic amines) is 1. The van der Waals surface area contributed by atoms with E-state index in [-0.39, 0.29) is 5.41 Å². The molecule has 1 heterocycles. The summed E-state index contributed by atoms with van der Waals surface area (Å²) in [6.45, 7) is 5.73. The van der Waals surface area contributed by atoms with E-state index in [1.54, 1.807) is 0 Å². The SMILES string of the molecule is CC1CN(CC2(CC(N)=NO)CC2)CC1N(C)C. The molecular formula is C13H26N4O. The summed E-state index contributed by atoms with van der Waals surface area (Å²) >= 11 is 0. The molecule has 2 aliphatic rings. The van der Waals surface area contributed by atoms with E-state index in [4.69, 9.17) is 10.9 Å². The highest BCUT2D eigenvalue weighted by Gasteiger charge is 2.46. The maximum atomic E-state index is 8.69.